The van der Waals surface area contributed by atoms with E-state index in [1.54, 1.807) is 0 Å². The fourth-order valence-electron chi connectivity index (χ4n) is 0.689. The Morgan fingerprint density at radius 3 is 2.57 bits per heavy atom. The van der Waals surface area contributed by atoms with Gasteiger partial charge in [0.05, 0.1) is 26.4 Å². The molecule has 0 radical (unpaired) electrons. The van der Waals surface area contributed by atoms with Crippen LogP contribution in [-0.2, 0) is 27.0 Å². The van der Waals surface area contributed by atoms with Crippen LogP contribution in [0.2, 0.25) is 0 Å². The number of phosphoric acid groups is 2. The molecule has 8 nitrogen and oxygen atoms in total. The monoisotopic (exact) mass is 248 g/mol. The van der Waals surface area contributed by atoms with E-state index in [4.69, 9.17) is 10.00 Å². The van der Waals surface area contributed by atoms with Gasteiger partial charge in [-0.3, -0.25) is 13.6 Å². The van der Waals surface area contributed by atoms with Gasteiger partial charge >= 0.3 is 15.6 Å². The van der Waals surface area contributed by atoms with Crippen molar-refractivity contribution in [2.24, 2.45) is 0 Å². The molecule has 1 saturated heterocycles. The predicted molar refractivity (Wildman–Crippen MR) is 43.5 cm³/mol. The van der Waals surface area contributed by atoms with Gasteiger partial charge in [-0.2, -0.15) is 4.31 Å². The summed E-state index contributed by atoms with van der Waals surface area (Å²) in [6, 6.07) is 0. The molecule has 0 aliphatic carbocycles. The van der Waals surface area contributed by atoms with E-state index in [1.165, 1.54) is 0 Å². The first-order valence-corrected chi connectivity index (χ1v) is 6.62. The molecular formula is C4H10O8P2. The lowest BCUT2D eigenvalue weighted by molar-refractivity contribution is 0.131. The molecule has 0 aromatic rings. The van der Waals surface area contributed by atoms with Crippen LogP contribution < -0.4 is 0 Å². The maximum atomic E-state index is 11.4. The average Bonchev–Trinajstić information content (AvgIpc) is 2.21. The van der Waals surface area contributed by atoms with Crippen LogP contribution in [0.25, 0.3) is 0 Å². The molecule has 0 amide bonds. The summed E-state index contributed by atoms with van der Waals surface area (Å²) in [5, 5.41) is 8.39. The first-order valence-electron chi connectivity index (χ1n) is 3.66. The van der Waals surface area contributed by atoms with E-state index in [0.717, 1.165) is 0 Å². The quantitative estimate of drug-likeness (QED) is 0.684. The second kappa shape index (κ2) is 4.83. The van der Waals surface area contributed by atoms with E-state index in [2.05, 4.69) is 17.9 Å². The summed E-state index contributed by atoms with van der Waals surface area (Å²) >= 11 is 0. The van der Waals surface area contributed by atoms with Crippen molar-refractivity contribution >= 4 is 15.6 Å². The molecule has 0 bridgehead atoms. The van der Waals surface area contributed by atoms with E-state index in [-0.39, 0.29) is 19.8 Å². The van der Waals surface area contributed by atoms with Crippen molar-refractivity contribution in [3.63, 3.8) is 0 Å². The molecule has 0 aromatic heterocycles. The number of rotatable bonds is 3. The van der Waals surface area contributed by atoms with Gasteiger partial charge in [0.25, 0.3) is 0 Å². The lowest BCUT2D eigenvalue weighted by atomic mass is 10.8. The zero-order valence-electron chi connectivity index (χ0n) is 7.07. The highest BCUT2D eigenvalue weighted by Crippen LogP contribution is 2.64. The van der Waals surface area contributed by atoms with Gasteiger partial charge in [0, 0.05) is 0 Å². The fraction of sp³-hybridized carbons (Fsp3) is 1.00. The SMILES string of the molecule is O=P1(O)OCCOP(=O)(OCCO)O1. The highest BCUT2D eigenvalue weighted by molar-refractivity contribution is 7.61. The Bertz CT molecular complexity index is 277. The highest BCUT2D eigenvalue weighted by atomic mass is 31.3. The van der Waals surface area contributed by atoms with E-state index in [1.807, 2.05) is 0 Å². The number of hydrogen-bond acceptors (Lipinski definition) is 7. The van der Waals surface area contributed by atoms with Gasteiger partial charge < -0.3 is 10.00 Å². The summed E-state index contributed by atoms with van der Waals surface area (Å²) < 4.78 is 39.9. The molecule has 1 heterocycles. The molecule has 1 aliphatic rings. The topological polar surface area (TPSA) is 112 Å². The Morgan fingerprint density at radius 1 is 1.29 bits per heavy atom. The number of hydrogen-bond donors (Lipinski definition) is 2. The van der Waals surface area contributed by atoms with Gasteiger partial charge in [-0.05, 0) is 0 Å². The van der Waals surface area contributed by atoms with Crippen molar-refractivity contribution in [2.75, 3.05) is 26.4 Å². The Hall–Kier alpha value is 0.220. The maximum absolute atomic E-state index is 11.4. The first-order chi connectivity index (χ1) is 6.47. The minimum absolute atomic E-state index is 0.187. The zero-order valence-corrected chi connectivity index (χ0v) is 8.86. The maximum Gasteiger partial charge on any atom is 0.483 e. The molecule has 0 saturated carbocycles. The zero-order chi connectivity index (χ0) is 10.7. The average molecular weight is 248 g/mol. The van der Waals surface area contributed by atoms with Gasteiger partial charge in [-0.1, -0.05) is 0 Å². The summed E-state index contributed by atoms with van der Waals surface area (Å²) in [7, 11) is -8.48. The molecule has 84 valence electrons. The normalized spacial score (nSPS) is 39.3. The highest BCUT2D eigenvalue weighted by Gasteiger charge is 2.40. The minimum Gasteiger partial charge on any atom is -0.394 e. The van der Waals surface area contributed by atoms with Crippen LogP contribution in [0.15, 0.2) is 0 Å². The Balaban J connectivity index is 2.66. The molecule has 0 spiro atoms. The smallest absolute Gasteiger partial charge is 0.394 e. The van der Waals surface area contributed by atoms with Crippen LogP contribution in [-0.4, -0.2) is 36.4 Å². The van der Waals surface area contributed by atoms with Crippen molar-refractivity contribution in [1.29, 1.82) is 0 Å². The summed E-state index contributed by atoms with van der Waals surface area (Å²) in [6.07, 6.45) is 0. The molecule has 2 atom stereocenters. The third-order valence-corrected chi connectivity index (χ3v) is 4.26. The van der Waals surface area contributed by atoms with Gasteiger partial charge in [0.15, 0.2) is 0 Å². The standard InChI is InChI=1S/C4H10O8P2/c5-1-2-10-14(8)11-4-3-9-13(6,7)12-14/h5H,1-4H2,(H,6,7). The number of phosphoric ester groups is 2. The number of aliphatic hydroxyl groups is 1. The lowest BCUT2D eigenvalue weighted by Gasteiger charge is -2.14. The van der Waals surface area contributed by atoms with Gasteiger partial charge in [0.1, 0.15) is 0 Å². The van der Waals surface area contributed by atoms with Crippen molar-refractivity contribution in [1.82, 2.24) is 0 Å². The lowest BCUT2D eigenvalue weighted by Crippen LogP contribution is -2.01. The molecule has 0 aromatic carbocycles. The third kappa shape index (κ3) is 3.76. The molecule has 14 heavy (non-hydrogen) atoms. The van der Waals surface area contributed by atoms with Gasteiger partial charge in [0.2, 0.25) is 0 Å². The predicted octanol–water partition coefficient (Wildman–Crippen LogP) is 0.267. The van der Waals surface area contributed by atoms with Gasteiger partial charge in [-0.25, -0.2) is 9.13 Å². The fourth-order valence-corrected chi connectivity index (χ4v) is 3.25. The molecule has 2 unspecified atom stereocenters. The van der Waals surface area contributed by atoms with Crippen molar-refractivity contribution in [3.8, 4) is 0 Å². The largest absolute Gasteiger partial charge is 0.483 e. The molecule has 1 fully saturated rings. The second-order valence-electron chi connectivity index (χ2n) is 2.22. The van der Waals surface area contributed by atoms with E-state index in [0.29, 0.717) is 0 Å². The van der Waals surface area contributed by atoms with Crippen LogP contribution in [0.5, 0.6) is 0 Å². The van der Waals surface area contributed by atoms with Crippen LogP contribution in [0, 0.1) is 0 Å². The Kier molecular flexibility index (Phi) is 4.24. The molecular weight excluding hydrogens is 238 g/mol. The van der Waals surface area contributed by atoms with E-state index in [9.17, 15) is 9.13 Å². The van der Waals surface area contributed by atoms with Gasteiger partial charge in [-0.15, -0.1) is 0 Å². The first kappa shape index (κ1) is 12.3. The van der Waals surface area contributed by atoms with Crippen LogP contribution in [0.1, 0.15) is 0 Å². The van der Waals surface area contributed by atoms with Crippen LogP contribution >= 0.6 is 15.6 Å². The minimum atomic E-state index is -4.39. The summed E-state index contributed by atoms with van der Waals surface area (Å²) in [5.41, 5.74) is 0. The molecule has 1 rings (SSSR count). The van der Waals surface area contributed by atoms with Crippen molar-refractivity contribution < 1.29 is 37.0 Å². The van der Waals surface area contributed by atoms with E-state index >= 15 is 0 Å². The van der Waals surface area contributed by atoms with Crippen LogP contribution in [0.4, 0.5) is 0 Å². The molecule has 2 N–H and O–H groups in total. The Morgan fingerprint density at radius 2 is 1.93 bits per heavy atom. The van der Waals surface area contributed by atoms with Crippen molar-refractivity contribution in [2.45, 2.75) is 0 Å². The third-order valence-electron chi connectivity index (χ3n) is 1.13. The summed E-state index contributed by atoms with van der Waals surface area (Å²) in [6.45, 7) is -1.14. The van der Waals surface area contributed by atoms with Crippen LogP contribution in [0.3, 0.4) is 0 Å². The summed E-state index contributed by atoms with van der Waals surface area (Å²) in [4.78, 5) is 8.91. The number of aliphatic hydroxyl groups excluding tert-OH is 1. The summed E-state index contributed by atoms with van der Waals surface area (Å²) in [5.74, 6) is 0. The van der Waals surface area contributed by atoms with E-state index < -0.39 is 22.3 Å². The second-order valence-corrected chi connectivity index (χ2v) is 5.48. The Labute approximate surface area is 80.0 Å². The molecule has 10 heteroatoms. The van der Waals surface area contributed by atoms with Crippen molar-refractivity contribution in [3.05, 3.63) is 0 Å². The molecule has 1 aliphatic heterocycles.